The highest BCUT2D eigenvalue weighted by atomic mass is 32.1. The molecule has 0 amide bonds. The molecule has 1 aliphatic carbocycles. The Bertz CT molecular complexity index is 415. The van der Waals surface area contributed by atoms with Crippen molar-refractivity contribution >= 4 is 22.9 Å². The van der Waals surface area contributed by atoms with Crippen LogP contribution in [0.15, 0.2) is 18.3 Å². The highest BCUT2D eigenvalue weighted by molar-refractivity contribution is 7.80. The van der Waals surface area contributed by atoms with Crippen LogP contribution in [0.5, 0.6) is 0 Å². The van der Waals surface area contributed by atoms with E-state index in [1.54, 1.807) is 0 Å². The average Bonchev–Trinajstić information content (AvgIpc) is 2.33. The van der Waals surface area contributed by atoms with Crippen molar-refractivity contribution in [1.29, 1.82) is 0 Å². The van der Waals surface area contributed by atoms with Crippen LogP contribution in [0.3, 0.4) is 0 Å². The first-order valence-corrected chi connectivity index (χ1v) is 6.89. The summed E-state index contributed by atoms with van der Waals surface area (Å²) in [5, 5.41) is 3.54. The molecule has 0 bridgehead atoms. The Morgan fingerprint density at radius 1 is 1.39 bits per heavy atom. The van der Waals surface area contributed by atoms with Crippen LogP contribution in [0.2, 0.25) is 0 Å². The average molecular weight is 263 g/mol. The minimum Gasteiger partial charge on any atom is -0.388 e. The van der Waals surface area contributed by atoms with Gasteiger partial charge in [-0.15, -0.1) is 0 Å². The van der Waals surface area contributed by atoms with Crippen LogP contribution < -0.4 is 11.1 Å². The highest BCUT2D eigenvalue weighted by Crippen LogP contribution is 2.35. The lowest BCUT2D eigenvalue weighted by atomic mass is 9.75. The van der Waals surface area contributed by atoms with E-state index in [9.17, 15) is 0 Å². The molecule has 4 heteroatoms. The smallest absolute Gasteiger partial charge is 0.122 e. The molecule has 1 aliphatic rings. The third kappa shape index (κ3) is 3.42. The molecule has 0 atom stereocenters. The van der Waals surface area contributed by atoms with E-state index in [-0.39, 0.29) is 0 Å². The number of anilines is 1. The molecular formula is C14H21N3S. The molecule has 18 heavy (non-hydrogen) atoms. The van der Waals surface area contributed by atoms with E-state index in [0.29, 0.717) is 22.1 Å². The second-order valence-electron chi connectivity index (χ2n) is 5.88. The van der Waals surface area contributed by atoms with Crippen LogP contribution in [-0.2, 0) is 0 Å². The Morgan fingerprint density at radius 3 is 2.56 bits per heavy atom. The van der Waals surface area contributed by atoms with E-state index < -0.39 is 0 Å². The Hall–Kier alpha value is -1.16. The Labute approximate surface area is 114 Å². The summed E-state index contributed by atoms with van der Waals surface area (Å²) in [6.07, 6.45) is 6.83. The van der Waals surface area contributed by atoms with Crippen molar-refractivity contribution in [3.63, 3.8) is 0 Å². The summed E-state index contributed by atoms with van der Waals surface area (Å²) in [4.78, 5) is 4.59. The summed E-state index contributed by atoms with van der Waals surface area (Å²) in [7, 11) is 0. The number of hydrogen-bond acceptors (Lipinski definition) is 3. The first-order chi connectivity index (χ1) is 8.46. The van der Waals surface area contributed by atoms with Gasteiger partial charge in [0.15, 0.2) is 0 Å². The van der Waals surface area contributed by atoms with Gasteiger partial charge in [0.25, 0.3) is 0 Å². The van der Waals surface area contributed by atoms with Gasteiger partial charge in [0.2, 0.25) is 0 Å². The normalized spacial score (nSPS) is 19.4. The van der Waals surface area contributed by atoms with Crippen molar-refractivity contribution in [1.82, 2.24) is 4.98 Å². The van der Waals surface area contributed by atoms with E-state index in [1.165, 1.54) is 25.7 Å². The van der Waals surface area contributed by atoms with Crippen molar-refractivity contribution in [3.8, 4) is 0 Å². The van der Waals surface area contributed by atoms with Gasteiger partial charge < -0.3 is 11.1 Å². The first kappa shape index (κ1) is 13.3. The Kier molecular flexibility index (Phi) is 3.85. The van der Waals surface area contributed by atoms with Crippen LogP contribution in [0.1, 0.15) is 45.2 Å². The van der Waals surface area contributed by atoms with Crippen LogP contribution >= 0.6 is 12.2 Å². The van der Waals surface area contributed by atoms with E-state index >= 15 is 0 Å². The Balaban J connectivity index is 1.92. The molecule has 2 rings (SSSR count). The molecule has 0 radical (unpaired) electrons. The zero-order valence-electron chi connectivity index (χ0n) is 11.1. The number of pyridine rings is 1. The summed E-state index contributed by atoms with van der Waals surface area (Å²) in [5.74, 6) is 0. The zero-order chi connectivity index (χ0) is 13.2. The SMILES string of the molecule is CC1(C)CCC(Nc2ccc(C(N)=S)nc2)CC1. The monoisotopic (exact) mass is 263 g/mol. The van der Waals surface area contributed by atoms with Crippen molar-refractivity contribution in [2.24, 2.45) is 11.1 Å². The van der Waals surface area contributed by atoms with E-state index in [4.69, 9.17) is 18.0 Å². The van der Waals surface area contributed by atoms with Crippen LogP contribution in [0, 0.1) is 5.41 Å². The minimum absolute atomic E-state index is 0.348. The number of thiocarbonyl (C=S) groups is 1. The van der Waals surface area contributed by atoms with Crippen molar-refractivity contribution in [2.45, 2.75) is 45.6 Å². The van der Waals surface area contributed by atoms with Crippen LogP contribution in [0.4, 0.5) is 5.69 Å². The predicted octanol–water partition coefficient (Wildman–Crippen LogP) is 3.10. The lowest BCUT2D eigenvalue weighted by Gasteiger charge is -2.35. The summed E-state index contributed by atoms with van der Waals surface area (Å²) in [6, 6.07) is 4.44. The standard InChI is InChI=1S/C14H21N3S/c1-14(2)7-5-10(6-8-14)17-11-3-4-12(13(15)18)16-9-11/h3-4,9-10,17H,5-8H2,1-2H3,(H2,15,18). The topological polar surface area (TPSA) is 50.9 Å². The van der Waals surface area contributed by atoms with E-state index in [0.717, 1.165) is 5.69 Å². The van der Waals surface area contributed by atoms with Gasteiger partial charge in [-0.25, -0.2) is 0 Å². The number of nitrogens with two attached hydrogens (primary N) is 1. The van der Waals surface area contributed by atoms with Crippen molar-refractivity contribution < 1.29 is 0 Å². The fourth-order valence-corrected chi connectivity index (χ4v) is 2.53. The van der Waals surface area contributed by atoms with Crippen LogP contribution in [0.25, 0.3) is 0 Å². The maximum absolute atomic E-state index is 5.53. The quantitative estimate of drug-likeness (QED) is 0.823. The van der Waals surface area contributed by atoms with Gasteiger partial charge in [-0.05, 0) is 43.2 Å². The summed E-state index contributed by atoms with van der Waals surface area (Å²) < 4.78 is 0. The fraction of sp³-hybridized carbons (Fsp3) is 0.571. The van der Waals surface area contributed by atoms with Gasteiger partial charge in [-0.3, -0.25) is 4.98 Å². The van der Waals surface area contributed by atoms with Crippen molar-refractivity contribution in [3.05, 3.63) is 24.0 Å². The number of nitrogens with one attached hydrogen (secondary N) is 1. The third-order valence-electron chi connectivity index (χ3n) is 3.73. The minimum atomic E-state index is 0.348. The molecule has 1 saturated carbocycles. The molecule has 0 unspecified atom stereocenters. The molecule has 1 fully saturated rings. The second kappa shape index (κ2) is 5.22. The third-order valence-corrected chi connectivity index (χ3v) is 3.94. The molecule has 3 nitrogen and oxygen atoms in total. The number of nitrogens with zero attached hydrogens (tertiary/aromatic N) is 1. The molecule has 3 N–H and O–H groups in total. The van der Waals surface area contributed by atoms with Gasteiger partial charge in [-0.2, -0.15) is 0 Å². The van der Waals surface area contributed by atoms with Gasteiger partial charge in [-0.1, -0.05) is 26.1 Å². The van der Waals surface area contributed by atoms with Crippen molar-refractivity contribution in [2.75, 3.05) is 5.32 Å². The van der Waals surface area contributed by atoms with Gasteiger partial charge in [0.1, 0.15) is 4.99 Å². The summed E-state index contributed by atoms with van der Waals surface area (Å²) in [5.41, 5.74) is 7.77. The first-order valence-electron chi connectivity index (χ1n) is 6.49. The number of hydrogen-bond donors (Lipinski definition) is 2. The summed E-state index contributed by atoms with van der Waals surface area (Å²) in [6.45, 7) is 4.70. The molecular weight excluding hydrogens is 242 g/mol. The number of rotatable bonds is 3. The van der Waals surface area contributed by atoms with E-state index in [2.05, 4.69) is 24.1 Å². The molecule has 0 spiro atoms. The largest absolute Gasteiger partial charge is 0.388 e. The molecule has 1 heterocycles. The second-order valence-corrected chi connectivity index (χ2v) is 6.32. The molecule has 0 aliphatic heterocycles. The maximum atomic E-state index is 5.53. The predicted molar refractivity (Wildman–Crippen MR) is 79.8 cm³/mol. The van der Waals surface area contributed by atoms with Gasteiger partial charge >= 0.3 is 0 Å². The molecule has 0 saturated heterocycles. The van der Waals surface area contributed by atoms with Crippen LogP contribution in [-0.4, -0.2) is 16.0 Å². The lowest BCUT2D eigenvalue weighted by Crippen LogP contribution is -2.29. The molecule has 1 aromatic rings. The van der Waals surface area contributed by atoms with Gasteiger partial charge in [0, 0.05) is 6.04 Å². The van der Waals surface area contributed by atoms with E-state index in [1.807, 2.05) is 18.3 Å². The maximum Gasteiger partial charge on any atom is 0.122 e. The summed E-state index contributed by atoms with van der Waals surface area (Å²) >= 11 is 4.89. The lowest BCUT2D eigenvalue weighted by molar-refractivity contribution is 0.232. The number of aromatic nitrogens is 1. The molecule has 0 aromatic carbocycles. The Morgan fingerprint density at radius 2 is 2.06 bits per heavy atom. The van der Waals surface area contributed by atoms with Gasteiger partial charge in [0.05, 0.1) is 17.6 Å². The molecule has 98 valence electrons. The fourth-order valence-electron chi connectivity index (χ4n) is 2.40. The zero-order valence-corrected chi connectivity index (χ0v) is 11.9. The molecule has 1 aromatic heterocycles. The highest BCUT2D eigenvalue weighted by Gasteiger charge is 2.26.